The van der Waals surface area contributed by atoms with E-state index >= 15 is 0 Å². The molecule has 188 valence electrons. The summed E-state index contributed by atoms with van der Waals surface area (Å²) >= 11 is 0. The summed E-state index contributed by atoms with van der Waals surface area (Å²) in [5.74, 6) is 0.939. The van der Waals surface area contributed by atoms with Crippen LogP contribution in [-0.2, 0) is 4.74 Å². The van der Waals surface area contributed by atoms with Crippen LogP contribution < -0.4 is 15.5 Å². The van der Waals surface area contributed by atoms with Crippen molar-refractivity contribution in [2.75, 3.05) is 62.8 Å². The van der Waals surface area contributed by atoms with Crippen molar-refractivity contribution >= 4 is 23.4 Å². The Balaban J connectivity index is 1.63. The Morgan fingerprint density at radius 2 is 1.97 bits per heavy atom. The van der Waals surface area contributed by atoms with Gasteiger partial charge in [0.1, 0.15) is 11.5 Å². The molecule has 0 spiro atoms. The maximum Gasteiger partial charge on any atom is 0.321 e. The fraction of sp³-hybridized carbons (Fsp3) is 0.500. The summed E-state index contributed by atoms with van der Waals surface area (Å²) in [4.78, 5) is 34.1. The number of nitrogens with one attached hydrogen (secondary N) is 2. The molecule has 0 aliphatic carbocycles. The smallest absolute Gasteiger partial charge is 0.321 e. The van der Waals surface area contributed by atoms with Crippen LogP contribution in [-0.4, -0.2) is 79.5 Å². The first kappa shape index (κ1) is 24.9. The minimum absolute atomic E-state index is 0.0800. The Morgan fingerprint density at radius 1 is 1.17 bits per heavy atom. The van der Waals surface area contributed by atoms with Gasteiger partial charge in [0.05, 0.1) is 19.8 Å². The summed E-state index contributed by atoms with van der Waals surface area (Å²) in [7, 11) is 0. The van der Waals surface area contributed by atoms with Crippen molar-refractivity contribution in [1.29, 1.82) is 0 Å². The number of likely N-dealkylation sites (tertiary alicyclic amines) is 1. The Hall–Kier alpha value is -3.17. The summed E-state index contributed by atoms with van der Waals surface area (Å²) in [6.07, 6.45) is 2.13. The number of nitrogens with zero attached hydrogens (tertiary/aromatic N) is 3. The van der Waals surface area contributed by atoms with Crippen LogP contribution in [0.5, 0.6) is 0 Å². The molecule has 35 heavy (non-hydrogen) atoms. The molecular weight excluding hydrogens is 446 g/mol. The van der Waals surface area contributed by atoms with E-state index in [1.54, 1.807) is 6.07 Å². The number of urea groups is 1. The lowest BCUT2D eigenvalue weighted by Gasteiger charge is -2.28. The highest BCUT2D eigenvalue weighted by Gasteiger charge is 2.25. The van der Waals surface area contributed by atoms with Crippen LogP contribution >= 0.6 is 0 Å². The molecular formula is C26H35N5O4. The molecule has 1 atom stereocenters. The number of anilines is 2. The van der Waals surface area contributed by atoms with Gasteiger partial charge < -0.3 is 30.3 Å². The molecule has 0 radical (unpaired) electrons. The van der Waals surface area contributed by atoms with Crippen molar-refractivity contribution in [3.8, 4) is 11.1 Å². The molecule has 9 nitrogen and oxygen atoms in total. The van der Waals surface area contributed by atoms with Crippen LogP contribution in [0.25, 0.3) is 11.1 Å². The van der Waals surface area contributed by atoms with E-state index in [9.17, 15) is 9.59 Å². The van der Waals surface area contributed by atoms with Gasteiger partial charge in [-0.2, -0.15) is 0 Å². The normalized spacial score (nSPS) is 18.0. The molecule has 2 aliphatic rings. The van der Waals surface area contributed by atoms with Crippen LogP contribution in [0.15, 0.2) is 30.3 Å². The molecule has 3 heterocycles. The van der Waals surface area contributed by atoms with E-state index < -0.39 is 0 Å². The summed E-state index contributed by atoms with van der Waals surface area (Å²) in [5, 5.41) is 14.8. The largest absolute Gasteiger partial charge is 0.395 e. The number of ether oxygens (including phenoxy) is 1. The molecule has 3 N–H and O–H groups in total. The van der Waals surface area contributed by atoms with Gasteiger partial charge in [-0.3, -0.25) is 4.79 Å². The number of benzene rings is 1. The van der Waals surface area contributed by atoms with E-state index in [1.807, 2.05) is 36.1 Å². The SMILES string of the molecule is CC[C@@H]1CCN(C(=O)Nc2ccc(C)c(-c3cc(C(=O)NCCO)nc(N4CCOCC4)c3)c2)C1. The standard InChI is InChI=1S/C26H35N5O4/c1-3-19-6-8-31(17-19)26(34)28-21-5-4-18(2)22(16-21)20-14-23(25(33)27-7-11-32)29-24(15-20)30-9-12-35-13-10-30/h4-5,14-16,19,32H,3,6-13,17H2,1-2H3,(H,27,33)(H,28,34)/t19-/m1/s1. The predicted octanol–water partition coefficient (Wildman–Crippen LogP) is 2.88. The summed E-state index contributed by atoms with van der Waals surface area (Å²) in [5.41, 5.74) is 3.79. The number of aliphatic hydroxyl groups is 1. The Morgan fingerprint density at radius 3 is 2.69 bits per heavy atom. The minimum Gasteiger partial charge on any atom is -0.395 e. The van der Waals surface area contributed by atoms with Gasteiger partial charge in [-0.25, -0.2) is 9.78 Å². The minimum atomic E-state index is -0.336. The van der Waals surface area contributed by atoms with E-state index in [-0.39, 0.29) is 30.8 Å². The van der Waals surface area contributed by atoms with Crippen LogP contribution in [0.3, 0.4) is 0 Å². The highest BCUT2D eigenvalue weighted by atomic mass is 16.5. The average Bonchev–Trinajstić information content (AvgIpc) is 3.38. The number of hydrogen-bond acceptors (Lipinski definition) is 6. The van der Waals surface area contributed by atoms with Gasteiger partial charge in [-0.1, -0.05) is 19.4 Å². The molecule has 0 unspecified atom stereocenters. The number of morpholine rings is 1. The quantitative estimate of drug-likeness (QED) is 0.561. The van der Waals surface area contributed by atoms with Gasteiger partial charge in [0.15, 0.2) is 0 Å². The maximum atomic E-state index is 12.8. The van der Waals surface area contributed by atoms with Crippen molar-refractivity contribution in [1.82, 2.24) is 15.2 Å². The van der Waals surface area contributed by atoms with Crippen LogP contribution in [0.4, 0.5) is 16.3 Å². The van der Waals surface area contributed by atoms with Crippen molar-refractivity contribution in [3.63, 3.8) is 0 Å². The third kappa shape index (κ3) is 6.10. The van der Waals surface area contributed by atoms with Crippen molar-refractivity contribution in [3.05, 3.63) is 41.6 Å². The second kappa shape index (κ2) is 11.5. The first-order chi connectivity index (χ1) is 17.0. The van der Waals surface area contributed by atoms with Crippen molar-refractivity contribution in [2.45, 2.75) is 26.7 Å². The molecule has 1 aromatic carbocycles. The third-order valence-corrected chi connectivity index (χ3v) is 6.73. The second-order valence-electron chi connectivity index (χ2n) is 9.15. The monoisotopic (exact) mass is 481 g/mol. The average molecular weight is 482 g/mol. The molecule has 2 fully saturated rings. The zero-order valence-electron chi connectivity index (χ0n) is 20.5. The molecule has 2 aromatic rings. The first-order valence-electron chi connectivity index (χ1n) is 12.4. The number of pyridine rings is 1. The van der Waals surface area contributed by atoms with Crippen molar-refractivity contribution < 1.29 is 19.4 Å². The number of amides is 3. The van der Waals surface area contributed by atoms with Gasteiger partial charge in [0, 0.05) is 38.4 Å². The number of hydrogen-bond donors (Lipinski definition) is 3. The van der Waals surface area contributed by atoms with Crippen LogP contribution in [0.1, 0.15) is 35.8 Å². The van der Waals surface area contributed by atoms with Gasteiger partial charge in [-0.05, 0) is 60.2 Å². The molecule has 4 rings (SSSR count). The fourth-order valence-electron chi connectivity index (χ4n) is 4.57. The number of aromatic nitrogens is 1. The van der Waals surface area contributed by atoms with E-state index in [0.29, 0.717) is 43.7 Å². The van der Waals surface area contributed by atoms with Crippen molar-refractivity contribution in [2.24, 2.45) is 5.92 Å². The molecule has 0 bridgehead atoms. The fourth-order valence-corrected chi connectivity index (χ4v) is 4.57. The predicted molar refractivity (Wildman–Crippen MR) is 136 cm³/mol. The Labute approximate surface area is 206 Å². The lowest BCUT2D eigenvalue weighted by molar-refractivity contribution is 0.0939. The van der Waals surface area contributed by atoms with Gasteiger partial charge in [0.2, 0.25) is 0 Å². The number of aliphatic hydroxyl groups excluding tert-OH is 1. The summed E-state index contributed by atoms with van der Waals surface area (Å²) < 4.78 is 5.47. The third-order valence-electron chi connectivity index (χ3n) is 6.73. The Kier molecular flexibility index (Phi) is 8.20. The lowest BCUT2D eigenvalue weighted by atomic mass is 9.99. The summed E-state index contributed by atoms with van der Waals surface area (Å²) in [6, 6.07) is 9.50. The molecule has 2 saturated heterocycles. The molecule has 1 aromatic heterocycles. The zero-order valence-corrected chi connectivity index (χ0v) is 20.5. The number of carbonyl (C=O) groups is 2. The zero-order chi connectivity index (χ0) is 24.8. The summed E-state index contributed by atoms with van der Waals surface area (Å²) in [6.45, 7) is 8.36. The van der Waals surface area contributed by atoms with Crippen LogP contribution in [0.2, 0.25) is 0 Å². The molecule has 0 saturated carbocycles. The van der Waals surface area contributed by atoms with E-state index in [0.717, 1.165) is 42.6 Å². The van der Waals surface area contributed by atoms with Gasteiger partial charge in [-0.15, -0.1) is 0 Å². The van der Waals surface area contributed by atoms with Crippen LogP contribution in [0, 0.1) is 12.8 Å². The van der Waals surface area contributed by atoms with Gasteiger partial charge >= 0.3 is 6.03 Å². The Bertz CT molecular complexity index is 1050. The number of rotatable bonds is 7. The number of aryl methyl sites for hydroxylation is 1. The molecule has 3 amide bonds. The molecule has 9 heteroatoms. The highest BCUT2D eigenvalue weighted by molar-refractivity contribution is 5.95. The highest BCUT2D eigenvalue weighted by Crippen LogP contribution is 2.30. The molecule has 2 aliphatic heterocycles. The maximum absolute atomic E-state index is 12.8. The lowest BCUT2D eigenvalue weighted by Crippen LogP contribution is -2.37. The van der Waals surface area contributed by atoms with E-state index in [2.05, 4.69) is 27.4 Å². The van der Waals surface area contributed by atoms with Gasteiger partial charge in [0.25, 0.3) is 5.91 Å². The topological polar surface area (TPSA) is 107 Å². The number of carbonyl (C=O) groups excluding carboxylic acids is 2. The first-order valence-corrected chi connectivity index (χ1v) is 12.4. The second-order valence-corrected chi connectivity index (χ2v) is 9.15. The van der Waals surface area contributed by atoms with E-state index in [4.69, 9.17) is 9.84 Å². The van der Waals surface area contributed by atoms with E-state index in [1.165, 1.54) is 0 Å².